The van der Waals surface area contributed by atoms with Crippen molar-refractivity contribution in [3.05, 3.63) is 22.7 Å². The molecule has 0 aliphatic rings. The van der Waals surface area contributed by atoms with E-state index in [1.807, 2.05) is 0 Å². The van der Waals surface area contributed by atoms with E-state index in [0.717, 1.165) is 0 Å². The molecule has 0 atom stereocenters. The van der Waals surface area contributed by atoms with E-state index in [4.69, 9.17) is 21.1 Å². The van der Waals surface area contributed by atoms with E-state index >= 15 is 0 Å². The number of methoxy groups -OCH3 is 2. The van der Waals surface area contributed by atoms with Gasteiger partial charge in [-0.15, -0.1) is 0 Å². The summed E-state index contributed by atoms with van der Waals surface area (Å²) in [5.74, 6) is -1.31. The molecule has 0 aliphatic heterocycles. The van der Waals surface area contributed by atoms with Gasteiger partial charge in [0, 0.05) is 6.07 Å². The normalized spacial score (nSPS) is 9.78. The summed E-state index contributed by atoms with van der Waals surface area (Å²) in [6, 6.07) is 2.87. The zero-order chi connectivity index (χ0) is 13.7. The minimum atomic E-state index is -0.958. The predicted molar refractivity (Wildman–Crippen MR) is 65.5 cm³/mol. The minimum absolute atomic E-state index is 0.0142. The summed E-state index contributed by atoms with van der Waals surface area (Å²) >= 11 is 5.93. The Labute approximate surface area is 110 Å². The van der Waals surface area contributed by atoms with Crippen LogP contribution in [0.2, 0.25) is 5.02 Å². The van der Waals surface area contributed by atoms with Crippen LogP contribution in [0, 0.1) is 0 Å². The SMILES string of the molecule is CCOC(=O)C(=O)c1cc(OC)cc(Cl)c1OC. The number of esters is 1. The maximum Gasteiger partial charge on any atom is 0.379 e. The zero-order valence-electron chi connectivity index (χ0n) is 10.3. The number of ketones is 1. The van der Waals surface area contributed by atoms with E-state index in [-0.39, 0.29) is 22.9 Å². The highest BCUT2D eigenvalue weighted by Crippen LogP contribution is 2.33. The van der Waals surface area contributed by atoms with Gasteiger partial charge in [-0.1, -0.05) is 11.6 Å². The first-order valence-electron chi connectivity index (χ1n) is 5.18. The molecule has 0 radical (unpaired) electrons. The van der Waals surface area contributed by atoms with Crippen molar-refractivity contribution in [3.63, 3.8) is 0 Å². The molecule has 0 bridgehead atoms. The van der Waals surface area contributed by atoms with Crippen LogP contribution >= 0.6 is 11.6 Å². The van der Waals surface area contributed by atoms with Crippen molar-refractivity contribution in [1.29, 1.82) is 0 Å². The third-order valence-electron chi connectivity index (χ3n) is 2.16. The van der Waals surface area contributed by atoms with Gasteiger partial charge in [-0.3, -0.25) is 4.79 Å². The Morgan fingerprint density at radius 1 is 1.22 bits per heavy atom. The third kappa shape index (κ3) is 2.92. The molecule has 6 heteroatoms. The number of ether oxygens (including phenoxy) is 3. The highest BCUT2D eigenvalue weighted by atomic mass is 35.5. The summed E-state index contributed by atoms with van der Waals surface area (Å²) < 4.78 is 14.6. The van der Waals surface area contributed by atoms with Gasteiger partial charge >= 0.3 is 5.97 Å². The Morgan fingerprint density at radius 2 is 1.89 bits per heavy atom. The molecular formula is C12H13ClO5. The molecule has 0 N–H and O–H groups in total. The van der Waals surface area contributed by atoms with Crippen molar-refractivity contribution in [3.8, 4) is 11.5 Å². The lowest BCUT2D eigenvalue weighted by atomic mass is 10.1. The zero-order valence-corrected chi connectivity index (χ0v) is 11.0. The van der Waals surface area contributed by atoms with E-state index in [1.54, 1.807) is 6.92 Å². The standard InChI is InChI=1S/C12H13ClO5/c1-4-18-12(15)10(14)8-5-7(16-2)6-9(13)11(8)17-3/h5-6H,4H2,1-3H3. The number of benzene rings is 1. The van der Waals surface area contributed by atoms with E-state index in [2.05, 4.69) is 4.74 Å². The lowest BCUT2D eigenvalue weighted by molar-refractivity contribution is -0.137. The van der Waals surface area contributed by atoms with Gasteiger partial charge in [-0.05, 0) is 13.0 Å². The molecule has 0 saturated carbocycles. The van der Waals surface area contributed by atoms with Crippen molar-refractivity contribution >= 4 is 23.4 Å². The summed E-state index contributed by atoms with van der Waals surface area (Å²) in [5.41, 5.74) is 0.0142. The summed E-state index contributed by atoms with van der Waals surface area (Å²) in [4.78, 5) is 23.3. The van der Waals surface area contributed by atoms with Crippen LogP contribution < -0.4 is 9.47 Å². The fourth-order valence-electron chi connectivity index (χ4n) is 1.37. The second-order valence-corrected chi connectivity index (χ2v) is 3.65. The number of hydrogen-bond donors (Lipinski definition) is 0. The molecule has 5 nitrogen and oxygen atoms in total. The van der Waals surface area contributed by atoms with Crippen LogP contribution in [0.5, 0.6) is 11.5 Å². The molecule has 0 fully saturated rings. The predicted octanol–water partition coefficient (Wildman–Crippen LogP) is 2.10. The van der Waals surface area contributed by atoms with Gasteiger partial charge in [-0.25, -0.2) is 4.79 Å². The first-order chi connectivity index (χ1) is 8.54. The first-order valence-corrected chi connectivity index (χ1v) is 5.55. The smallest absolute Gasteiger partial charge is 0.379 e. The largest absolute Gasteiger partial charge is 0.497 e. The number of halogens is 1. The summed E-state index contributed by atoms with van der Waals surface area (Å²) in [6.07, 6.45) is 0. The van der Waals surface area contributed by atoms with Gasteiger partial charge in [0.05, 0.1) is 31.4 Å². The van der Waals surface area contributed by atoms with Crippen LogP contribution in [0.15, 0.2) is 12.1 Å². The van der Waals surface area contributed by atoms with Gasteiger partial charge in [0.25, 0.3) is 5.78 Å². The van der Waals surface area contributed by atoms with E-state index in [9.17, 15) is 9.59 Å². The van der Waals surface area contributed by atoms with Gasteiger partial charge in [0.2, 0.25) is 0 Å². The van der Waals surface area contributed by atoms with Crippen molar-refractivity contribution in [2.75, 3.05) is 20.8 Å². The Hall–Kier alpha value is -1.75. The molecule has 98 valence electrons. The topological polar surface area (TPSA) is 61.8 Å². The monoisotopic (exact) mass is 272 g/mol. The summed E-state index contributed by atoms with van der Waals surface area (Å²) in [7, 11) is 2.78. The third-order valence-corrected chi connectivity index (χ3v) is 2.44. The fourth-order valence-corrected chi connectivity index (χ4v) is 1.66. The number of carbonyl (C=O) groups excluding carboxylic acids is 2. The van der Waals surface area contributed by atoms with Crippen molar-refractivity contribution in [2.45, 2.75) is 6.92 Å². The molecule has 0 aliphatic carbocycles. The molecule has 0 spiro atoms. The maximum absolute atomic E-state index is 11.9. The molecule has 0 unspecified atom stereocenters. The van der Waals surface area contributed by atoms with Crippen molar-refractivity contribution in [2.24, 2.45) is 0 Å². The van der Waals surface area contributed by atoms with Crippen LogP contribution in [0.4, 0.5) is 0 Å². The number of Topliss-reactive ketones (excluding diaryl/α,β-unsaturated/α-hetero) is 1. The number of rotatable bonds is 5. The molecule has 1 aromatic carbocycles. The molecule has 18 heavy (non-hydrogen) atoms. The second kappa shape index (κ2) is 6.26. The van der Waals surface area contributed by atoms with Crippen LogP contribution in [-0.4, -0.2) is 32.6 Å². The Balaban J connectivity index is 3.24. The first kappa shape index (κ1) is 14.3. The van der Waals surface area contributed by atoms with Gasteiger partial charge in [0.15, 0.2) is 0 Å². The molecule has 1 rings (SSSR count). The minimum Gasteiger partial charge on any atom is -0.497 e. The lowest BCUT2D eigenvalue weighted by Gasteiger charge is -2.11. The van der Waals surface area contributed by atoms with Gasteiger partial charge in [-0.2, -0.15) is 0 Å². The van der Waals surface area contributed by atoms with E-state index in [0.29, 0.717) is 5.75 Å². The number of hydrogen-bond acceptors (Lipinski definition) is 5. The van der Waals surface area contributed by atoms with Crippen LogP contribution in [0.1, 0.15) is 17.3 Å². The molecule has 0 heterocycles. The average Bonchev–Trinajstić information content (AvgIpc) is 2.37. The van der Waals surface area contributed by atoms with Crippen LogP contribution in [0.25, 0.3) is 0 Å². The van der Waals surface area contributed by atoms with Crippen LogP contribution in [-0.2, 0) is 9.53 Å². The Kier molecular flexibility index (Phi) is 4.97. The second-order valence-electron chi connectivity index (χ2n) is 3.24. The number of carbonyl (C=O) groups is 2. The van der Waals surface area contributed by atoms with Gasteiger partial charge < -0.3 is 14.2 Å². The van der Waals surface area contributed by atoms with Crippen molar-refractivity contribution < 1.29 is 23.8 Å². The van der Waals surface area contributed by atoms with E-state index < -0.39 is 11.8 Å². The molecular weight excluding hydrogens is 260 g/mol. The quantitative estimate of drug-likeness (QED) is 0.467. The lowest BCUT2D eigenvalue weighted by Crippen LogP contribution is -2.18. The fraction of sp³-hybridized carbons (Fsp3) is 0.333. The maximum atomic E-state index is 11.9. The molecule has 0 aromatic heterocycles. The van der Waals surface area contributed by atoms with Crippen molar-refractivity contribution in [1.82, 2.24) is 0 Å². The molecule has 0 amide bonds. The molecule has 1 aromatic rings. The van der Waals surface area contributed by atoms with Gasteiger partial charge in [0.1, 0.15) is 11.5 Å². The average molecular weight is 273 g/mol. The van der Waals surface area contributed by atoms with E-state index in [1.165, 1.54) is 26.4 Å². The summed E-state index contributed by atoms with van der Waals surface area (Å²) in [5, 5.41) is 0.185. The van der Waals surface area contributed by atoms with Crippen LogP contribution in [0.3, 0.4) is 0 Å². The Morgan fingerprint density at radius 3 is 2.39 bits per heavy atom. The summed E-state index contributed by atoms with van der Waals surface area (Å²) in [6.45, 7) is 1.73. The highest BCUT2D eigenvalue weighted by Gasteiger charge is 2.24. The highest BCUT2D eigenvalue weighted by molar-refractivity contribution is 6.42. The Bertz CT molecular complexity index is 470. The molecule has 0 saturated heterocycles.